The summed E-state index contributed by atoms with van der Waals surface area (Å²) < 4.78 is 5.96. The average Bonchev–Trinajstić information content (AvgIpc) is 2.92. The Morgan fingerprint density at radius 1 is 0.708 bits per heavy atom. The van der Waals surface area contributed by atoms with Gasteiger partial charge in [-0.3, -0.25) is 0 Å². The quantitative estimate of drug-likeness (QED) is 0.475. The van der Waals surface area contributed by atoms with Crippen LogP contribution >= 0.6 is 0 Å². The van der Waals surface area contributed by atoms with Crippen molar-refractivity contribution in [1.82, 2.24) is 0 Å². The molecule has 0 atom stereocenters. The summed E-state index contributed by atoms with van der Waals surface area (Å²) in [6, 6.07) is 23.3. The summed E-state index contributed by atoms with van der Waals surface area (Å²) in [6.07, 6.45) is 0. The summed E-state index contributed by atoms with van der Waals surface area (Å²) >= 11 is 0. The average molecular weight is 331 g/mol. The Labute approximate surface area is 143 Å². The monoisotopic (exact) mass is 331 g/mol. The van der Waals surface area contributed by atoms with Crippen LogP contribution < -0.4 is 10.5 Å². The standard InChI is InChI=1S/C21H21NOSi/c1-24(2,3)17-11-8-15(9-12-17)22-16-10-13-19-18-6-4-5-7-20(18)23-21(19)14-16/h4-14,22H,1-3H3. The third-order valence-electron chi connectivity index (χ3n) is 4.42. The molecule has 0 spiro atoms. The third kappa shape index (κ3) is 2.72. The van der Waals surface area contributed by atoms with Gasteiger partial charge in [0.2, 0.25) is 0 Å². The number of furan rings is 1. The van der Waals surface area contributed by atoms with Crippen LogP contribution in [0.15, 0.2) is 71.1 Å². The van der Waals surface area contributed by atoms with Crippen molar-refractivity contribution in [3.63, 3.8) is 0 Å². The molecule has 0 bridgehead atoms. The molecule has 2 nitrogen and oxygen atoms in total. The molecule has 0 unspecified atom stereocenters. The van der Waals surface area contributed by atoms with Crippen LogP contribution in [0.4, 0.5) is 11.4 Å². The molecule has 1 aromatic heterocycles. The smallest absolute Gasteiger partial charge is 0.137 e. The number of nitrogens with one attached hydrogen (secondary N) is 1. The van der Waals surface area contributed by atoms with E-state index in [2.05, 4.69) is 73.5 Å². The Kier molecular flexibility index (Phi) is 3.46. The second-order valence-corrected chi connectivity index (χ2v) is 12.3. The van der Waals surface area contributed by atoms with Crippen LogP contribution in [0.25, 0.3) is 21.9 Å². The first kappa shape index (κ1) is 15.0. The minimum atomic E-state index is -1.25. The second kappa shape index (κ2) is 5.53. The van der Waals surface area contributed by atoms with Crippen LogP contribution in [0.3, 0.4) is 0 Å². The van der Waals surface area contributed by atoms with E-state index in [0.29, 0.717) is 0 Å². The van der Waals surface area contributed by atoms with E-state index in [9.17, 15) is 0 Å². The first-order valence-electron chi connectivity index (χ1n) is 8.29. The fraction of sp³-hybridized carbons (Fsp3) is 0.143. The van der Waals surface area contributed by atoms with Crippen molar-refractivity contribution in [3.05, 3.63) is 66.7 Å². The zero-order chi connectivity index (χ0) is 16.7. The van der Waals surface area contributed by atoms with Crippen molar-refractivity contribution >= 4 is 46.6 Å². The Hall–Kier alpha value is -2.52. The highest BCUT2D eigenvalue weighted by Crippen LogP contribution is 2.31. The van der Waals surface area contributed by atoms with Gasteiger partial charge in [-0.25, -0.2) is 0 Å². The van der Waals surface area contributed by atoms with Crippen molar-refractivity contribution in [2.24, 2.45) is 0 Å². The molecule has 0 saturated heterocycles. The first-order valence-corrected chi connectivity index (χ1v) is 11.8. The molecule has 0 radical (unpaired) electrons. The molecule has 4 aromatic rings. The second-order valence-electron chi connectivity index (χ2n) is 7.26. The van der Waals surface area contributed by atoms with Crippen molar-refractivity contribution in [2.45, 2.75) is 19.6 Å². The van der Waals surface area contributed by atoms with Crippen LogP contribution in [0.2, 0.25) is 19.6 Å². The highest BCUT2D eigenvalue weighted by molar-refractivity contribution is 6.88. The van der Waals surface area contributed by atoms with Crippen LogP contribution in [-0.2, 0) is 0 Å². The van der Waals surface area contributed by atoms with Crippen LogP contribution in [-0.4, -0.2) is 8.07 Å². The molecule has 24 heavy (non-hydrogen) atoms. The van der Waals surface area contributed by atoms with Gasteiger partial charge < -0.3 is 9.73 Å². The van der Waals surface area contributed by atoms with E-state index in [1.54, 1.807) is 0 Å². The van der Waals surface area contributed by atoms with Crippen LogP contribution in [0, 0.1) is 0 Å². The molecule has 3 heteroatoms. The molecule has 0 saturated carbocycles. The Balaban J connectivity index is 1.66. The predicted octanol–water partition coefficient (Wildman–Crippen LogP) is 5.87. The van der Waals surface area contributed by atoms with E-state index in [0.717, 1.165) is 27.9 Å². The zero-order valence-corrected chi connectivity index (χ0v) is 15.3. The van der Waals surface area contributed by atoms with Gasteiger partial charge >= 0.3 is 0 Å². The lowest BCUT2D eigenvalue weighted by Gasteiger charge is -2.17. The number of rotatable bonds is 3. The van der Waals surface area contributed by atoms with Gasteiger partial charge in [0, 0.05) is 28.2 Å². The Morgan fingerprint density at radius 2 is 1.38 bits per heavy atom. The van der Waals surface area contributed by atoms with Crippen molar-refractivity contribution in [1.29, 1.82) is 0 Å². The van der Waals surface area contributed by atoms with E-state index in [1.807, 2.05) is 18.2 Å². The van der Waals surface area contributed by atoms with Gasteiger partial charge in [-0.05, 0) is 30.3 Å². The third-order valence-corrected chi connectivity index (χ3v) is 6.48. The maximum atomic E-state index is 5.96. The van der Waals surface area contributed by atoms with Gasteiger partial charge in [-0.2, -0.15) is 0 Å². The molecule has 0 fully saturated rings. The first-order chi connectivity index (χ1) is 11.5. The molecule has 3 aromatic carbocycles. The molecule has 0 aliphatic carbocycles. The van der Waals surface area contributed by atoms with Crippen molar-refractivity contribution in [2.75, 3.05) is 5.32 Å². The van der Waals surface area contributed by atoms with E-state index >= 15 is 0 Å². The number of hydrogen-bond donors (Lipinski definition) is 1. The SMILES string of the molecule is C[Si](C)(C)c1ccc(Nc2ccc3c(c2)oc2ccccc23)cc1. The molecular formula is C21H21NOSi. The Bertz CT molecular complexity index is 1010. The molecule has 1 N–H and O–H groups in total. The highest BCUT2D eigenvalue weighted by Gasteiger charge is 2.15. The maximum absolute atomic E-state index is 5.96. The summed E-state index contributed by atoms with van der Waals surface area (Å²) in [6.45, 7) is 7.10. The predicted molar refractivity (Wildman–Crippen MR) is 106 cm³/mol. The normalized spacial score (nSPS) is 12.0. The number of hydrogen-bond acceptors (Lipinski definition) is 2. The molecule has 0 aliphatic rings. The Morgan fingerprint density at radius 3 is 2.12 bits per heavy atom. The molecule has 0 amide bonds. The molecule has 120 valence electrons. The lowest BCUT2D eigenvalue weighted by molar-refractivity contribution is 0.669. The van der Waals surface area contributed by atoms with Gasteiger partial charge in [0.15, 0.2) is 0 Å². The molecule has 1 heterocycles. The summed E-state index contributed by atoms with van der Waals surface area (Å²) in [5.41, 5.74) is 4.00. The maximum Gasteiger partial charge on any atom is 0.137 e. The van der Waals surface area contributed by atoms with Gasteiger partial charge in [-0.15, -0.1) is 0 Å². The largest absolute Gasteiger partial charge is 0.456 e. The van der Waals surface area contributed by atoms with Crippen LogP contribution in [0.1, 0.15) is 0 Å². The lowest BCUT2D eigenvalue weighted by atomic mass is 10.1. The lowest BCUT2D eigenvalue weighted by Crippen LogP contribution is -2.37. The van der Waals surface area contributed by atoms with Crippen LogP contribution in [0.5, 0.6) is 0 Å². The topological polar surface area (TPSA) is 25.2 Å². The van der Waals surface area contributed by atoms with E-state index < -0.39 is 8.07 Å². The number of fused-ring (bicyclic) bond motifs is 3. The molecular weight excluding hydrogens is 310 g/mol. The van der Waals surface area contributed by atoms with E-state index in [-0.39, 0.29) is 0 Å². The van der Waals surface area contributed by atoms with Crippen molar-refractivity contribution in [3.8, 4) is 0 Å². The summed E-state index contributed by atoms with van der Waals surface area (Å²) in [5, 5.41) is 7.27. The summed E-state index contributed by atoms with van der Waals surface area (Å²) in [7, 11) is -1.25. The fourth-order valence-electron chi connectivity index (χ4n) is 3.02. The van der Waals surface area contributed by atoms with Gasteiger partial charge in [0.25, 0.3) is 0 Å². The minimum Gasteiger partial charge on any atom is -0.456 e. The summed E-state index contributed by atoms with van der Waals surface area (Å²) in [5.74, 6) is 0. The fourth-order valence-corrected chi connectivity index (χ4v) is 4.19. The number of anilines is 2. The van der Waals surface area contributed by atoms with E-state index in [1.165, 1.54) is 10.6 Å². The molecule has 0 aliphatic heterocycles. The van der Waals surface area contributed by atoms with E-state index in [4.69, 9.17) is 4.42 Å². The number of benzene rings is 3. The zero-order valence-electron chi connectivity index (χ0n) is 14.3. The van der Waals surface area contributed by atoms with Gasteiger partial charge in [0.05, 0.1) is 8.07 Å². The minimum absolute atomic E-state index is 0.917. The van der Waals surface area contributed by atoms with Crippen molar-refractivity contribution < 1.29 is 4.42 Å². The molecule has 4 rings (SSSR count). The van der Waals surface area contributed by atoms with Gasteiger partial charge in [-0.1, -0.05) is 55.2 Å². The van der Waals surface area contributed by atoms with Gasteiger partial charge in [0.1, 0.15) is 11.2 Å². The summed E-state index contributed by atoms with van der Waals surface area (Å²) in [4.78, 5) is 0. The highest BCUT2D eigenvalue weighted by atomic mass is 28.3. The number of para-hydroxylation sites is 1.